The number of carbonyl (C=O) groups excluding carboxylic acids is 1. The number of pyridine rings is 1. The Kier molecular flexibility index (Phi) is 4.57. The Balaban J connectivity index is 1.77. The van der Waals surface area contributed by atoms with Crippen LogP contribution in [-0.2, 0) is 0 Å². The molecular weight excluding hydrogens is 294 g/mol. The van der Waals surface area contributed by atoms with Gasteiger partial charge in [-0.25, -0.2) is 4.79 Å². The lowest BCUT2D eigenvalue weighted by molar-refractivity contribution is 0.0811. The molecule has 3 rings (SSSR count). The van der Waals surface area contributed by atoms with Crippen molar-refractivity contribution in [2.75, 3.05) is 18.5 Å². The molecule has 1 aliphatic rings. The minimum Gasteiger partial charge on any atom is -0.394 e. The molecule has 0 spiro atoms. The summed E-state index contributed by atoms with van der Waals surface area (Å²) in [7, 11) is 0. The Bertz CT molecular complexity index is 658. The minimum absolute atomic E-state index is 0.0208. The lowest BCUT2D eigenvalue weighted by Gasteiger charge is -2.38. The first-order valence-corrected chi connectivity index (χ1v) is 7.84. The summed E-state index contributed by atoms with van der Waals surface area (Å²) in [5.74, 6) is 0.291. The quantitative estimate of drug-likeness (QED) is 0.808. The second-order valence-electron chi connectivity index (χ2n) is 5.87. The summed E-state index contributed by atoms with van der Waals surface area (Å²) >= 11 is 0. The van der Waals surface area contributed by atoms with E-state index in [1.807, 2.05) is 18.2 Å². The molecule has 3 N–H and O–H groups in total. The van der Waals surface area contributed by atoms with Crippen LogP contribution >= 0.6 is 0 Å². The number of anilines is 1. The summed E-state index contributed by atoms with van der Waals surface area (Å²) in [6.07, 6.45) is 5.24. The Morgan fingerprint density at radius 3 is 3.13 bits per heavy atom. The zero-order valence-corrected chi connectivity index (χ0v) is 13.1. The highest BCUT2D eigenvalue weighted by atomic mass is 16.3. The van der Waals surface area contributed by atoms with Crippen LogP contribution in [0.5, 0.6) is 0 Å². The fourth-order valence-electron chi connectivity index (χ4n) is 3.05. The SMILES string of the molecule is CC1CCCN(C(=O)Nc2cn[nH]c2-c2ccccn2)C1CO. The molecule has 0 saturated carbocycles. The standard InChI is InChI=1S/C16H21N5O2/c1-11-5-4-8-21(14(11)10-22)16(23)19-13-9-18-20-15(13)12-6-2-3-7-17-12/h2-3,6-7,9,11,14,22H,4-5,8,10H2,1H3,(H,18,20)(H,19,23). The molecule has 0 aliphatic carbocycles. The maximum absolute atomic E-state index is 12.6. The maximum Gasteiger partial charge on any atom is 0.322 e. The Labute approximate surface area is 134 Å². The second kappa shape index (κ2) is 6.78. The van der Waals surface area contributed by atoms with Gasteiger partial charge in [0.2, 0.25) is 0 Å². The summed E-state index contributed by atoms with van der Waals surface area (Å²) in [6.45, 7) is 2.70. The molecule has 0 aromatic carbocycles. The highest BCUT2D eigenvalue weighted by molar-refractivity contribution is 5.93. The highest BCUT2D eigenvalue weighted by Crippen LogP contribution is 2.26. The topological polar surface area (TPSA) is 94.1 Å². The van der Waals surface area contributed by atoms with E-state index >= 15 is 0 Å². The van der Waals surface area contributed by atoms with Crippen LogP contribution in [-0.4, -0.2) is 50.4 Å². The van der Waals surface area contributed by atoms with E-state index < -0.39 is 0 Å². The first kappa shape index (κ1) is 15.5. The summed E-state index contributed by atoms with van der Waals surface area (Å²) in [6, 6.07) is 5.20. The Morgan fingerprint density at radius 1 is 1.52 bits per heavy atom. The predicted molar refractivity (Wildman–Crippen MR) is 86.8 cm³/mol. The number of hydrogen-bond acceptors (Lipinski definition) is 4. The number of amides is 2. The van der Waals surface area contributed by atoms with E-state index in [0.29, 0.717) is 29.5 Å². The number of likely N-dealkylation sites (tertiary alicyclic amines) is 1. The number of aromatic amines is 1. The van der Waals surface area contributed by atoms with Gasteiger partial charge in [0.15, 0.2) is 0 Å². The summed E-state index contributed by atoms with van der Waals surface area (Å²) < 4.78 is 0. The van der Waals surface area contributed by atoms with Crippen LogP contribution in [0.2, 0.25) is 0 Å². The van der Waals surface area contributed by atoms with Gasteiger partial charge in [-0.05, 0) is 30.9 Å². The van der Waals surface area contributed by atoms with E-state index in [1.54, 1.807) is 17.3 Å². The first-order chi connectivity index (χ1) is 11.2. The molecule has 7 nitrogen and oxygen atoms in total. The van der Waals surface area contributed by atoms with Crippen molar-refractivity contribution in [2.24, 2.45) is 5.92 Å². The summed E-state index contributed by atoms with van der Waals surface area (Å²) in [5, 5.41) is 19.3. The molecule has 2 aromatic rings. The van der Waals surface area contributed by atoms with Crippen molar-refractivity contribution >= 4 is 11.7 Å². The number of nitrogens with zero attached hydrogens (tertiary/aromatic N) is 3. The van der Waals surface area contributed by atoms with Gasteiger partial charge in [0.1, 0.15) is 5.69 Å². The highest BCUT2D eigenvalue weighted by Gasteiger charge is 2.31. The normalized spacial score (nSPS) is 21.2. The molecular formula is C16H21N5O2. The molecule has 23 heavy (non-hydrogen) atoms. The number of aliphatic hydroxyl groups is 1. The van der Waals surface area contributed by atoms with E-state index in [0.717, 1.165) is 12.8 Å². The van der Waals surface area contributed by atoms with Crippen LogP contribution in [0.25, 0.3) is 11.4 Å². The number of aliphatic hydroxyl groups excluding tert-OH is 1. The third-order valence-corrected chi connectivity index (χ3v) is 4.37. The van der Waals surface area contributed by atoms with Crippen LogP contribution < -0.4 is 5.32 Å². The van der Waals surface area contributed by atoms with Gasteiger partial charge in [-0.15, -0.1) is 0 Å². The van der Waals surface area contributed by atoms with Crippen molar-refractivity contribution in [3.8, 4) is 11.4 Å². The van der Waals surface area contributed by atoms with E-state index in [9.17, 15) is 9.90 Å². The number of rotatable bonds is 3. The van der Waals surface area contributed by atoms with Gasteiger partial charge in [0, 0.05) is 12.7 Å². The predicted octanol–water partition coefficient (Wildman–Crippen LogP) is 2.10. The molecule has 0 bridgehead atoms. The van der Waals surface area contributed by atoms with Gasteiger partial charge in [0.05, 0.1) is 30.2 Å². The van der Waals surface area contributed by atoms with Gasteiger partial charge in [-0.3, -0.25) is 10.1 Å². The lowest BCUT2D eigenvalue weighted by atomic mass is 9.91. The van der Waals surface area contributed by atoms with E-state index in [1.165, 1.54) is 0 Å². The number of hydrogen-bond donors (Lipinski definition) is 3. The number of urea groups is 1. The average molecular weight is 315 g/mol. The minimum atomic E-state index is -0.214. The van der Waals surface area contributed by atoms with Gasteiger partial charge < -0.3 is 15.3 Å². The molecule has 3 heterocycles. The summed E-state index contributed by atoms with van der Waals surface area (Å²) in [5.41, 5.74) is 1.97. The maximum atomic E-state index is 12.6. The number of nitrogens with one attached hydrogen (secondary N) is 2. The number of H-pyrrole nitrogens is 1. The molecule has 7 heteroatoms. The van der Waals surface area contributed by atoms with Crippen LogP contribution in [0, 0.1) is 5.92 Å². The van der Waals surface area contributed by atoms with Crippen LogP contribution in [0.4, 0.5) is 10.5 Å². The first-order valence-electron chi connectivity index (χ1n) is 7.84. The van der Waals surface area contributed by atoms with Crippen LogP contribution in [0.3, 0.4) is 0 Å². The van der Waals surface area contributed by atoms with Gasteiger partial charge in [-0.2, -0.15) is 5.10 Å². The smallest absolute Gasteiger partial charge is 0.322 e. The van der Waals surface area contributed by atoms with Crippen LogP contribution in [0.1, 0.15) is 19.8 Å². The zero-order chi connectivity index (χ0) is 16.2. The zero-order valence-electron chi connectivity index (χ0n) is 13.1. The largest absolute Gasteiger partial charge is 0.394 e. The van der Waals surface area contributed by atoms with Crippen molar-refractivity contribution in [1.29, 1.82) is 0 Å². The molecule has 2 unspecified atom stereocenters. The Hall–Kier alpha value is -2.41. The van der Waals surface area contributed by atoms with Crippen molar-refractivity contribution in [2.45, 2.75) is 25.8 Å². The van der Waals surface area contributed by atoms with Crippen molar-refractivity contribution in [1.82, 2.24) is 20.1 Å². The molecule has 1 fully saturated rings. The third-order valence-electron chi connectivity index (χ3n) is 4.37. The molecule has 2 amide bonds. The molecule has 1 saturated heterocycles. The van der Waals surface area contributed by atoms with Gasteiger partial charge >= 0.3 is 6.03 Å². The van der Waals surface area contributed by atoms with E-state index in [-0.39, 0.29) is 18.7 Å². The molecule has 1 aliphatic heterocycles. The van der Waals surface area contributed by atoms with Crippen molar-refractivity contribution < 1.29 is 9.90 Å². The fraction of sp³-hybridized carbons (Fsp3) is 0.438. The van der Waals surface area contributed by atoms with Crippen molar-refractivity contribution in [3.05, 3.63) is 30.6 Å². The molecule has 122 valence electrons. The van der Waals surface area contributed by atoms with Crippen LogP contribution in [0.15, 0.2) is 30.6 Å². The summed E-state index contributed by atoms with van der Waals surface area (Å²) in [4.78, 5) is 18.6. The van der Waals surface area contributed by atoms with Gasteiger partial charge in [-0.1, -0.05) is 13.0 Å². The van der Waals surface area contributed by atoms with Gasteiger partial charge in [0.25, 0.3) is 0 Å². The molecule has 2 atom stereocenters. The number of piperidine rings is 1. The lowest BCUT2D eigenvalue weighted by Crippen LogP contribution is -2.51. The third kappa shape index (κ3) is 3.19. The average Bonchev–Trinajstić information content (AvgIpc) is 3.03. The van der Waals surface area contributed by atoms with E-state index in [4.69, 9.17) is 0 Å². The molecule has 2 aromatic heterocycles. The number of aromatic nitrogens is 3. The second-order valence-corrected chi connectivity index (χ2v) is 5.87. The molecule has 0 radical (unpaired) electrons. The Morgan fingerprint density at radius 2 is 2.39 bits per heavy atom. The van der Waals surface area contributed by atoms with Crippen molar-refractivity contribution in [3.63, 3.8) is 0 Å². The van der Waals surface area contributed by atoms with E-state index in [2.05, 4.69) is 27.4 Å². The monoisotopic (exact) mass is 315 g/mol. The number of carbonyl (C=O) groups is 1. The fourth-order valence-corrected chi connectivity index (χ4v) is 3.05.